The van der Waals surface area contributed by atoms with Gasteiger partial charge in [0.15, 0.2) is 0 Å². The second-order valence-electron chi connectivity index (χ2n) is 7.12. The van der Waals surface area contributed by atoms with Gasteiger partial charge < -0.3 is 4.74 Å². The van der Waals surface area contributed by atoms with Crippen molar-refractivity contribution in [1.29, 1.82) is 0 Å². The van der Waals surface area contributed by atoms with Crippen LogP contribution in [0.2, 0.25) is 0 Å². The number of halogens is 1. The van der Waals surface area contributed by atoms with Crippen molar-refractivity contribution >= 4 is 5.97 Å². The van der Waals surface area contributed by atoms with Gasteiger partial charge in [-0.05, 0) is 80.2 Å². The minimum absolute atomic E-state index is 0.0150. The number of carbonyl (C=O) groups is 1. The van der Waals surface area contributed by atoms with E-state index in [0.29, 0.717) is 5.92 Å². The summed E-state index contributed by atoms with van der Waals surface area (Å²) in [6.45, 7) is 3.78. The summed E-state index contributed by atoms with van der Waals surface area (Å²) in [7, 11) is 0. The molecule has 1 aliphatic rings. The second-order valence-corrected chi connectivity index (χ2v) is 7.12. The number of unbranched alkanes of at least 4 members (excludes halogenated alkanes) is 1. The fourth-order valence-corrected chi connectivity index (χ4v) is 3.64. The molecule has 0 N–H and O–H groups in total. The van der Waals surface area contributed by atoms with Gasteiger partial charge in [-0.3, -0.25) is 0 Å². The summed E-state index contributed by atoms with van der Waals surface area (Å²) in [6, 6.07) is 5.27. The lowest BCUT2D eigenvalue weighted by atomic mass is 9.77. The van der Waals surface area contributed by atoms with E-state index < -0.39 is 5.97 Å². The minimum Gasteiger partial charge on any atom is -0.421 e. The summed E-state index contributed by atoms with van der Waals surface area (Å²) in [4.78, 5) is 20.5. The zero-order chi connectivity index (χ0) is 19.1. The maximum atomic E-state index is 12.9. The predicted octanol–water partition coefficient (Wildman–Crippen LogP) is 5.47. The van der Waals surface area contributed by atoms with E-state index >= 15 is 0 Å². The molecular weight excluding hydrogens is 343 g/mol. The molecular formula is C22H25FN2O2. The SMILES string of the molecule is C=CCCC[C@H]1CC[C@H](c2cnc(C(=O)Oc3ccc(F)cc3)nc2)CC1. The number of carbonyl (C=O) groups excluding carboxylic acids is 1. The molecule has 0 saturated heterocycles. The van der Waals surface area contributed by atoms with Gasteiger partial charge in [0.2, 0.25) is 5.82 Å². The number of hydrogen-bond acceptors (Lipinski definition) is 4. The molecule has 1 saturated carbocycles. The molecule has 27 heavy (non-hydrogen) atoms. The molecule has 142 valence electrons. The van der Waals surface area contributed by atoms with Gasteiger partial charge in [0.25, 0.3) is 0 Å². The second kappa shape index (κ2) is 9.40. The Kier molecular flexibility index (Phi) is 6.69. The normalized spacial score (nSPS) is 19.4. The molecule has 1 heterocycles. The summed E-state index contributed by atoms with van der Waals surface area (Å²) < 4.78 is 18.1. The maximum absolute atomic E-state index is 12.9. The minimum atomic E-state index is -0.640. The van der Waals surface area contributed by atoms with Crippen molar-refractivity contribution in [3.63, 3.8) is 0 Å². The monoisotopic (exact) mass is 368 g/mol. The van der Waals surface area contributed by atoms with Crippen molar-refractivity contribution in [1.82, 2.24) is 9.97 Å². The topological polar surface area (TPSA) is 52.1 Å². The van der Waals surface area contributed by atoms with Gasteiger partial charge in [-0.25, -0.2) is 19.2 Å². The van der Waals surface area contributed by atoms with E-state index in [-0.39, 0.29) is 17.4 Å². The highest BCUT2D eigenvalue weighted by atomic mass is 19.1. The Bertz CT molecular complexity index is 751. The van der Waals surface area contributed by atoms with Crippen LogP contribution in [0.4, 0.5) is 4.39 Å². The Balaban J connectivity index is 1.52. The predicted molar refractivity (Wildman–Crippen MR) is 102 cm³/mol. The number of nitrogens with zero attached hydrogens (tertiary/aromatic N) is 2. The van der Waals surface area contributed by atoms with Gasteiger partial charge >= 0.3 is 5.97 Å². The molecule has 5 heteroatoms. The molecule has 4 nitrogen and oxygen atoms in total. The number of allylic oxidation sites excluding steroid dienone is 1. The lowest BCUT2D eigenvalue weighted by Crippen LogP contribution is -2.16. The Hall–Kier alpha value is -2.56. The Morgan fingerprint density at radius 3 is 2.44 bits per heavy atom. The molecule has 0 atom stereocenters. The fraction of sp³-hybridized carbons (Fsp3) is 0.409. The molecule has 0 unspecified atom stereocenters. The average Bonchev–Trinajstić information content (AvgIpc) is 2.70. The molecule has 0 aliphatic heterocycles. The molecule has 0 radical (unpaired) electrons. The summed E-state index contributed by atoms with van der Waals surface area (Å²) in [5.74, 6) is 0.532. The van der Waals surface area contributed by atoms with Crippen LogP contribution in [0.1, 0.15) is 67.0 Å². The van der Waals surface area contributed by atoms with E-state index in [4.69, 9.17) is 4.74 Å². The third-order valence-electron chi connectivity index (χ3n) is 5.22. The summed E-state index contributed by atoms with van der Waals surface area (Å²) >= 11 is 0. The van der Waals surface area contributed by atoms with E-state index in [1.807, 2.05) is 6.08 Å². The van der Waals surface area contributed by atoms with Crippen LogP contribution in [0.5, 0.6) is 5.75 Å². The zero-order valence-corrected chi connectivity index (χ0v) is 15.4. The first-order valence-corrected chi connectivity index (χ1v) is 9.56. The quantitative estimate of drug-likeness (QED) is 0.282. The van der Waals surface area contributed by atoms with Gasteiger partial charge in [0.05, 0.1) is 0 Å². The van der Waals surface area contributed by atoms with Crippen molar-refractivity contribution in [3.05, 3.63) is 66.5 Å². The van der Waals surface area contributed by atoms with E-state index in [9.17, 15) is 9.18 Å². The number of hydrogen-bond donors (Lipinski definition) is 0. The lowest BCUT2D eigenvalue weighted by molar-refractivity contribution is 0.0721. The molecule has 1 aliphatic carbocycles. The van der Waals surface area contributed by atoms with E-state index in [1.54, 1.807) is 12.4 Å². The van der Waals surface area contributed by atoms with Crippen molar-refractivity contribution in [2.75, 3.05) is 0 Å². The first-order chi connectivity index (χ1) is 13.2. The molecule has 2 aromatic rings. The highest BCUT2D eigenvalue weighted by Crippen LogP contribution is 2.37. The molecule has 3 rings (SSSR count). The number of ether oxygens (including phenoxy) is 1. The third kappa shape index (κ3) is 5.46. The average molecular weight is 368 g/mol. The summed E-state index contributed by atoms with van der Waals surface area (Å²) in [5, 5.41) is 0. The number of benzene rings is 1. The Morgan fingerprint density at radius 1 is 1.15 bits per heavy atom. The van der Waals surface area contributed by atoms with Crippen molar-refractivity contribution in [2.24, 2.45) is 5.92 Å². The van der Waals surface area contributed by atoms with Crippen LogP contribution >= 0.6 is 0 Å². The highest BCUT2D eigenvalue weighted by Gasteiger charge is 2.23. The van der Waals surface area contributed by atoms with Crippen LogP contribution in [0.3, 0.4) is 0 Å². The van der Waals surface area contributed by atoms with Crippen molar-refractivity contribution < 1.29 is 13.9 Å². The van der Waals surface area contributed by atoms with Gasteiger partial charge in [-0.1, -0.05) is 12.5 Å². The highest BCUT2D eigenvalue weighted by molar-refractivity contribution is 5.86. The van der Waals surface area contributed by atoms with E-state index in [2.05, 4.69) is 16.5 Å². The fourth-order valence-electron chi connectivity index (χ4n) is 3.64. The molecule has 0 bridgehead atoms. The molecule has 0 amide bonds. The number of rotatable bonds is 7. The number of aromatic nitrogens is 2. The molecule has 0 spiro atoms. The van der Waals surface area contributed by atoms with Crippen LogP contribution in [0, 0.1) is 11.7 Å². The summed E-state index contributed by atoms with van der Waals surface area (Å²) in [5.41, 5.74) is 1.08. The molecule has 1 fully saturated rings. The van der Waals surface area contributed by atoms with Crippen LogP contribution in [-0.2, 0) is 0 Å². The van der Waals surface area contributed by atoms with Crippen LogP contribution in [-0.4, -0.2) is 15.9 Å². The van der Waals surface area contributed by atoms with Crippen LogP contribution in [0.15, 0.2) is 49.3 Å². The first-order valence-electron chi connectivity index (χ1n) is 9.56. The van der Waals surface area contributed by atoms with Gasteiger partial charge in [-0.2, -0.15) is 0 Å². The molecule has 1 aromatic carbocycles. The summed E-state index contributed by atoms with van der Waals surface area (Å²) in [6.07, 6.45) is 13.8. The lowest BCUT2D eigenvalue weighted by Gasteiger charge is -2.28. The van der Waals surface area contributed by atoms with Crippen molar-refractivity contribution in [2.45, 2.75) is 50.9 Å². The van der Waals surface area contributed by atoms with Gasteiger partial charge in [0.1, 0.15) is 11.6 Å². The molecule has 1 aromatic heterocycles. The van der Waals surface area contributed by atoms with Crippen LogP contribution < -0.4 is 4.74 Å². The standard InChI is InChI=1S/C22H25FN2O2/c1-2-3-4-5-16-6-8-17(9-7-16)18-14-24-21(25-15-18)22(26)27-20-12-10-19(23)11-13-20/h2,10-17H,1,3-9H2/t16-,17-. The Labute approximate surface area is 159 Å². The third-order valence-corrected chi connectivity index (χ3v) is 5.22. The van der Waals surface area contributed by atoms with E-state index in [1.165, 1.54) is 49.9 Å². The Morgan fingerprint density at radius 2 is 1.81 bits per heavy atom. The first kappa shape index (κ1) is 19.2. The zero-order valence-electron chi connectivity index (χ0n) is 15.4. The number of esters is 1. The largest absolute Gasteiger partial charge is 0.421 e. The van der Waals surface area contributed by atoms with Crippen molar-refractivity contribution in [3.8, 4) is 5.75 Å². The van der Waals surface area contributed by atoms with Gasteiger partial charge in [-0.15, -0.1) is 6.58 Å². The smallest absolute Gasteiger partial charge is 0.381 e. The maximum Gasteiger partial charge on any atom is 0.381 e. The van der Waals surface area contributed by atoms with E-state index in [0.717, 1.165) is 30.7 Å². The van der Waals surface area contributed by atoms with Crippen LogP contribution in [0.25, 0.3) is 0 Å². The van der Waals surface area contributed by atoms with Gasteiger partial charge in [0, 0.05) is 12.4 Å².